The molecule has 0 N–H and O–H groups in total. The second kappa shape index (κ2) is 9.16. The Morgan fingerprint density at radius 2 is 0.961 bits per heavy atom. The number of thiophene rings is 1. The Bertz CT molecular complexity index is 3490. The van der Waals surface area contributed by atoms with Gasteiger partial charge in [0, 0.05) is 47.1 Å². The van der Waals surface area contributed by atoms with Crippen LogP contribution in [-0.2, 0) is 0 Å². The fourth-order valence-electron chi connectivity index (χ4n) is 9.17. The Balaban J connectivity index is 1.29. The zero-order valence-corrected chi connectivity index (χ0v) is 27.9. The maximum atomic E-state index is 5.67. The summed E-state index contributed by atoms with van der Waals surface area (Å²) in [5.74, 6) is 1.64. The van der Waals surface area contributed by atoms with Gasteiger partial charge in [-0.3, -0.25) is 9.13 Å². The van der Waals surface area contributed by atoms with Crippen molar-refractivity contribution in [2.45, 2.75) is 0 Å². The molecule has 0 saturated carbocycles. The van der Waals surface area contributed by atoms with E-state index in [9.17, 15) is 0 Å². The first-order valence-electron chi connectivity index (χ1n) is 17.3. The van der Waals surface area contributed by atoms with E-state index >= 15 is 0 Å². The van der Waals surface area contributed by atoms with Crippen molar-refractivity contribution in [1.82, 2.24) is 19.1 Å². The molecule has 51 heavy (non-hydrogen) atoms. The molecule has 0 saturated heterocycles. The van der Waals surface area contributed by atoms with Crippen LogP contribution >= 0.6 is 11.3 Å². The van der Waals surface area contributed by atoms with Crippen LogP contribution in [0.5, 0.6) is 0 Å². The number of rotatable bonds is 2. The molecule has 4 aromatic heterocycles. The van der Waals surface area contributed by atoms with Gasteiger partial charge in [-0.15, -0.1) is 11.3 Å². The minimum atomic E-state index is 0.816. The fraction of sp³-hybridized carbons (Fsp3) is 0. The van der Waals surface area contributed by atoms with Crippen LogP contribution in [0.4, 0.5) is 0 Å². The maximum absolute atomic E-state index is 5.67. The maximum Gasteiger partial charge on any atom is 0.182 e. The number of nitrogens with zero attached hydrogens (tertiary/aromatic N) is 4. The highest BCUT2D eigenvalue weighted by Gasteiger charge is 2.28. The Kier molecular flexibility index (Phi) is 4.73. The summed E-state index contributed by atoms with van der Waals surface area (Å²) in [4.78, 5) is 11.3. The van der Waals surface area contributed by atoms with Crippen LogP contribution in [0, 0.1) is 0 Å². The summed E-state index contributed by atoms with van der Waals surface area (Å²) in [6, 6.07) is 52.9. The van der Waals surface area contributed by atoms with Gasteiger partial charge in [0.05, 0.1) is 33.1 Å². The van der Waals surface area contributed by atoms with Crippen LogP contribution in [0.15, 0.2) is 146 Å². The second-order valence-electron chi connectivity index (χ2n) is 13.7. The molecule has 0 aliphatic heterocycles. The van der Waals surface area contributed by atoms with Crippen molar-refractivity contribution in [2.24, 2.45) is 0 Å². The van der Waals surface area contributed by atoms with Gasteiger partial charge in [-0.2, -0.15) is 0 Å². The highest BCUT2D eigenvalue weighted by molar-refractivity contribution is 7.26. The predicted octanol–water partition coefficient (Wildman–Crippen LogP) is 12.5. The largest absolute Gasteiger partial charge is 0.291 e. The summed E-state index contributed by atoms with van der Waals surface area (Å²) in [6.45, 7) is 0. The van der Waals surface area contributed by atoms with Gasteiger partial charge < -0.3 is 0 Å². The molecule has 13 rings (SSSR count). The minimum Gasteiger partial charge on any atom is -0.291 e. The van der Waals surface area contributed by atoms with Gasteiger partial charge >= 0.3 is 0 Å². The third-order valence-corrected chi connectivity index (χ3v) is 12.3. The fourth-order valence-corrected chi connectivity index (χ4v) is 10.3. The first kappa shape index (κ1) is 26.3. The quantitative estimate of drug-likeness (QED) is 0.172. The number of para-hydroxylation sites is 2. The van der Waals surface area contributed by atoms with Crippen LogP contribution in [0.2, 0.25) is 0 Å². The first-order valence-corrected chi connectivity index (χ1v) is 18.2. The van der Waals surface area contributed by atoms with E-state index in [0.29, 0.717) is 0 Å². The zero-order valence-electron chi connectivity index (χ0n) is 27.1. The van der Waals surface area contributed by atoms with Crippen molar-refractivity contribution < 1.29 is 0 Å². The van der Waals surface area contributed by atoms with Crippen molar-refractivity contribution in [3.8, 4) is 22.8 Å². The van der Waals surface area contributed by atoms with E-state index in [2.05, 4.69) is 155 Å². The van der Waals surface area contributed by atoms with Crippen molar-refractivity contribution in [3.63, 3.8) is 0 Å². The summed E-state index contributed by atoms with van der Waals surface area (Å²) in [7, 11) is 0. The van der Waals surface area contributed by atoms with Crippen molar-refractivity contribution >= 4 is 108 Å². The Morgan fingerprint density at radius 3 is 1.78 bits per heavy atom. The monoisotopic (exact) mass is 664 g/mol. The molecule has 234 valence electrons. The van der Waals surface area contributed by atoms with Crippen LogP contribution in [0.25, 0.3) is 119 Å². The van der Waals surface area contributed by atoms with E-state index in [0.717, 1.165) is 55.5 Å². The lowest BCUT2D eigenvalue weighted by Crippen LogP contribution is -2.09. The molecule has 0 amide bonds. The molecule has 1 aliphatic rings. The molecule has 0 fully saturated rings. The molecule has 0 radical (unpaired) electrons. The van der Waals surface area contributed by atoms with Crippen LogP contribution in [0.3, 0.4) is 0 Å². The SMILES string of the molecule is c1ccc2c(c1)ccc1nc(-n3c4ccc5cccc6c5c4c4c5c(ccc43)sc3cccc-6c35)c(-n3c4ccccc4c4ccccc43)nc12. The molecule has 0 bridgehead atoms. The van der Waals surface area contributed by atoms with E-state index < -0.39 is 0 Å². The van der Waals surface area contributed by atoms with E-state index in [4.69, 9.17) is 9.97 Å². The van der Waals surface area contributed by atoms with E-state index in [1.165, 1.54) is 63.6 Å². The molecular formula is C46H24N4S. The topological polar surface area (TPSA) is 35.6 Å². The van der Waals surface area contributed by atoms with E-state index in [1.54, 1.807) is 0 Å². The third kappa shape index (κ3) is 3.17. The lowest BCUT2D eigenvalue weighted by Gasteiger charge is -2.17. The van der Waals surface area contributed by atoms with Gasteiger partial charge in [-0.05, 0) is 69.8 Å². The molecule has 8 aromatic carbocycles. The standard InChI is InChI=1S/C46H24N4S/c1-2-11-27-25(9-1)19-21-32-44(27)48-46(49-33-16-5-3-12-28(33)29-13-4-6-17-34(29)49)45(47-32)50-35-22-20-26-10-7-14-30-31-15-8-18-37-40(31)43-38(51-37)24-23-36(50)42(43)41(35)39(26)30/h1-24H. The van der Waals surface area contributed by atoms with Crippen molar-refractivity contribution in [1.29, 1.82) is 0 Å². The second-order valence-corrected chi connectivity index (χ2v) is 14.8. The highest BCUT2D eigenvalue weighted by Crippen LogP contribution is 2.52. The van der Waals surface area contributed by atoms with Gasteiger partial charge in [-0.1, -0.05) is 103 Å². The first-order chi connectivity index (χ1) is 25.3. The van der Waals surface area contributed by atoms with Gasteiger partial charge in [-0.25, -0.2) is 9.97 Å². The van der Waals surface area contributed by atoms with E-state index in [-0.39, 0.29) is 0 Å². The molecular weight excluding hydrogens is 641 g/mol. The molecule has 4 nitrogen and oxygen atoms in total. The van der Waals surface area contributed by atoms with Crippen molar-refractivity contribution in [3.05, 3.63) is 146 Å². The number of hydrogen-bond donors (Lipinski definition) is 0. The third-order valence-electron chi connectivity index (χ3n) is 11.2. The summed E-state index contributed by atoms with van der Waals surface area (Å²) in [5, 5.41) is 12.5. The number of benzene rings is 8. The Labute approximate surface area is 294 Å². The van der Waals surface area contributed by atoms with Crippen molar-refractivity contribution in [2.75, 3.05) is 0 Å². The molecule has 0 unspecified atom stereocenters. The predicted molar refractivity (Wildman–Crippen MR) is 215 cm³/mol. The molecule has 1 aliphatic carbocycles. The Morgan fingerprint density at radius 1 is 0.373 bits per heavy atom. The Hall–Kier alpha value is -6.56. The molecule has 5 heteroatoms. The highest BCUT2D eigenvalue weighted by atomic mass is 32.1. The normalized spacial score (nSPS) is 12.7. The lowest BCUT2D eigenvalue weighted by molar-refractivity contribution is 0.997. The average molecular weight is 665 g/mol. The van der Waals surface area contributed by atoms with Gasteiger partial charge in [0.2, 0.25) is 0 Å². The van der Waals surface area contributed by atoms with E-state index in [1.807, 2.05) is 11.3 Å². The van der Waals surface area contributed by atoms with Crippen LogP contribution < -0.4 is 0 Å². The molecule has 0 atom stereocenters. The van der Waals surface area contributed by atoms with Gasteiger partial charge in [0.25, 0.3) is 0 Å². The number of hydrogen-bond acceptors (Lipinski definition) is 3. The summed E-state index contributed by atoms with van der Waals surface area (Å²) >= 11 is 1.89. The van der Waals surface area contributed by atoms with Gasteiger partial charge in [0.1, 0.15) is 0 Å². The summed E-state index contributed by atoms with van der Waals surface area (Å²) < 4.78 is 7.37. The minimum absolute atomic E-state index is 0.816. The number of fused-ring (bicyclic) bond motifs is 7. The molecule has 12 aromatic rings. The zero-order chi connectivity index (χ0) is 32.9. The number of aromatic nitrogens is 4. The van der Waals surface area contributed by atoms with Crippen LogP contribution in [0.1, 0.15) is 0 Å². The molecule has 0 spiro atoms. The van der Waals surface area contributed by atoms with Gasteiger partial charge in [0.15, 0.2) is 11.6 Å². The summed E-state index contributed by atoms with van der Waals surface area (Å²) in [5.41, 5.74) is 8.89. The van der Waals surface area contributed by atoms with Crippen LogP contribution in [-0.4, -0.2) is 19.1 Å². The molecule has 4 heterocycles. The summed E-state index contributed by atoms with van der Waals surface area (Å²) in [6.07, 6.45) is 0. The smallest absolute Gasteiger partial charge is 0.182 e. The average Bonchev–Trinajstić information content (AvgIpc) is 3.81. The lowest BCUT2D eigenvalue weighted by atomic mass is 9.95.